The molecule has 0 fully saturated rings. The second kappa shape index (κ2) is 5.38. The first kappa shape index (κ1) is 13.5. The first-order valence-electron chi connectivity index (χ1n) is 3.71. The SMILES string of the molecule is C=C(C)C(=O)C(O)COP(=O)(O)OC. The maximum atomic E-state index is 11.0. The van der Waals surface area contributed by atoms with Crippen LogP contribution >= 0.6 is 7.82 Å². The Labute approximate surface area is 81.8 Å². The van der Waals surface area contributed by atoms with Crippen molar-refractivity contribution in [3.05, 3.63) is 12.2 Å². The van der Waals surface area contributed by atoms with Crippen LogP contribution in [0.2, 0.25) is 0 Å². The van der Waals surface area contributed by atoms with Crippen LogP contribution in [0, 0.1) is 0 Å². The van der Waals surface area contributed by atoms with Crippen molar-refractivity contribution in [3.8, 4) is 0 Å². The number of hydrogen-bond acceptors (Lipinski definition) is 5. The molecule has 0 aromatic carbocycles. The minimum atomic E-state index is -4.14. The van der Waals surface area contributed by atoms with E-state index in [4.69, 9.17) is 10.00 Å². The van der Waals surface area contributed by atoms with Crippen molar-refractivity contribution in [1.82, 2.24) is 0 Å². The van der Waals surface area contributed by atoms with Gasteiger partial charge in [-0.1, -0.05) is 6.58 Å². The van der Waals surface area contributed by atoms with E-state index in [0.29, 0.717) is 0 Å². The Bertz CT molecular complexity index is 273. The lowest BCUT2D eigenvalue weighted by Gasteiger charge is -2.12. The quantitative estimate of drug-likeness (QED) is 0.496. The molecule has 7 heteroatoms. The van der Waals surface area contributed by atoms with Gasteiger partial charge in [-0.3, -0.25) is 13.8 Å². The molecule has 2 unspecified atom stereocenters. The molecule has 14 heavy (non-hydrogen) atoms. The van der Waals surface area contributed by atoms with Crippen LogP contribution in [0.1, 0.15) is 6.92 Å². The van der Waals surface area contributed by atoms with E-state index in [-0.39, 0.29) is 5.57 Å². The zero-order chi connectivity index (χ0) is 11.4. The molecule has 0 amide bonds. The molecule has 0 aliphatic rings. The van der Waals surface area contributed by atoms with Gasteiger partial charge < -0.3 is 10.00 Å². The highest BCUT2D eigenvalue weighted by Crippen LogP contribution is 2.41. The molecule has 0 bridgehead atoms. The lowest BCUT2D eigenvalue weighted by molar-refractivity contribution is -0.124. The number of Topliss-reactive ketones (excluding diaryl/α,β-unsaturated/α-hetero) is 1. The Morgan fingerprint density at radius 1 is 1.64 bits per heavy atom. The topological polar surface area (TPSA) is 93.1 Å². The number of carbonyl (C=O) groups is 1. The molecule has 0 heterocycles. The summed E-state index contributed by atoms with van der Waals surface area (Å²) in [5.41, 5.74) is 0.145. The summed E-state index contributed by atoms with van der Waals surface area (Å²) in [6.45, 7) is 4.13. The Balaban J connectivity index is 4.10. The fourth-order valence-electron chi connectivity index (χ4n) is 0.578. The molecule has 0 aliphatic carbocycles. The van der Waals surface area contributed by atoms with E-state index in [0.717, 1.165) is 7.11 Å². The van der Waals surface area contributed by atoms with Gasteiger partial charge in [0.2, 0.25) is 0 Å². The Hall–Kier alpha value is -0.520. The molecular formula is C7H13O6P. The average molecular weight is 224 g/mol. The summed E-state index contributed by atoms with van der Waals surface area (Å²) in [5, 5.41) is 9.12. The summed E-state index contributed by atoms with van der Waals surface area (Å²) in [7, 11) is -3.16. The predicted octanol–water partition coefficient (Wildman–Crippen LogP) is 0.256. The highest BCUT2D eigenvalue weighted by Gasteiger charge is 2.23. The minimum Gasteiger partial charge on any atom is -0.382 e. The fraction of sp³-hybridized carbons (Fsp3) is 0.571. The van der Waals surface area contributed by atoms with Crippen molar-refractivity contribution in [1.29, 1.82) is 0 Å². The molecule has 6 nitrogen and oxygen atoms in total. The van der Waals surface area contributed by atoms with Crippen molar-refractivity contribution in [2.75, 3.05) is 13.7 Å². The predicted molar refractivity (Wildman–Crippen MR) is 48.6 cm³/mol. The number of rotatable bonds is 6. The highest BCUT2D eigenvalue weighted by atomic mass is 31.2. The molecule has 82 valence electrons. The van der Waals surface area contributed by atoms with Crippen LogP contribution < -0.4 is 0 Å². The third-order valence-corrected chi connectivity index (χ3v) is 2.29. The van der Waals surface area contributed by atoms with Crippen molar-refractivity contribution < 1.29 is 28.4 Å². The maximum absolute atomic E-state index is 11.0. The Morgan fingerprint density at radius 3 is 2.50 bits per heavy atom. The van der Waals surface area contributed by atoms with E-state index >= 15 is 0 Å². The van der Waals surface area contributed by atoms with Gasteiger partial charge in [-0.05, 0) is 12.5 Å². The van der Waals surface area contributed by atoms with Crippen LogP contribution in [-0.4, -0.2) is 35.6 Å². The summed E-state index contributed by atoms with van der Waals surface area (Å²) in [4.78, 5) is 19.8. The zero-order valence-electron chi connectivity index (χ0n) is 7.97. The summed E-state index contributed by atoms with van der Waals surface area (Å²) in [6.07, 6.45) is -1.50. The lowest BCUT2D eigenvalue weighted by atomic mass is 10.1. The fourth-order valence-corrected chi connectivity index (χ4v) is 1.01. The van der Waals surface area contributed by atoms with Gasteiger partial charge in [-0.2, -0.15) is 0 Å². The van der Waals surface area contributed by atoms with Gasteiger partial charge in [-0.25, -0.2) is 4.57 Å². The number of phosphoric acid groups is 1. The zero-order valence-corrected chi connectivity index (χ0v) is 8.86. The lowest BCUT2D eigenvalue weighted by Crippen LogP contribution is -2.25. The number of hydrogen-bond donors (Lipinski definition) is 2. The highest BCUT2D eigenvalue weighted by molar-refractivity contribution is 7.47. The van der Waals surface area contributed by atoms with E-state index in [1.807, 2.05) is 0 Å². The summed E-state index contributed by atoms with van der Waals surface area (Å²) < 4.78 is 19.1. The van der Waals surface area contributed by atoms with Crippen molar-refractivity contribution in [3.63, 3.8) is 0 Å². The van der Waals surface area contributed by atoms with Gasteiger partial charge in [0.1, 0.15) is 6.10 Å². The number of ketones is 1. The van der Waals surface area contributed by atoms with Gasteiger partial charge in [-0.15, -0.1) is 0 Å². The summed E-state index contributed by atoms with van der Waals surface area (Å²) in [6, 6.07) is 0. The molecule has 0 radical (unpaired) electrons. The van der Waals surface area contributed by atoms with E-state index in [1.54, 1.807) is 0 Å². The van der Waals surface area contributed by atoms with Gasteiger partial charge in [0.05, 0.1) is 6.61 Å². The monoisotopic (exact) mass is 224 g/mol. The minimum absolute atomic E-state index is 0.145. The van der Waals surface area contributed by atoms with Gasteiger partial charge in [0.25, 0.3) is 0 Å². The van der Waals surface area contributed by atoms with Crippen LogP contribution in [0.25, 0.3) is 0 Å². The summed E-state index contributed by atoms with van der Waals surface area (Å²) in [5.74, 6) is -0.638. The Kier molecular flexibility index (Phi) is 5.18. The summed E-state index contributed by atoms with van der Waals surface area (Å²) >= 11 is 0. The molecule has 2 atom stereocenters. The molecular weight excluding hydrogens is 211 g/mol. The van der Waals surface area contributed by atoms with Crippen LogP contribution in [0.15, 0.2) is 12.2 Å². The van der Waals surface area contributed by atoms with Gasteiger partial charge in [0.15, 0.2) is 5.78 Å². The maximum Gasteiger partial charge on any atom is 0.472 e. The van der Waals surface area contributed by atoms with Crippen molar-refractivity contribution in [2.24, 2.45) is 0 Å². The van der Waals surface area contributed by atoms with Crippen LogP contribution in [0.5, 0.6) is 0 Å². The largest absolute Gasteiger partial charge is 0.472 e. The number of phosphoric ester groups is 1. The number of aliphatic hydroxyl groups excluding tert-OH is 1. The third kappa shape index (κ3) is 4.64. The number of aliphatic hydroxyl groups is 1. The number of carbonyl (C=O) groups excluding carboxylic acids is 1. The molecule has 0 aromatic heterocycles. The molecule has 0 saturated carbocycles. The van der Waals surface area contributed by atoms with E-state index < -0.39 is 26.3 Å². The normalized spacial score (nSPS) is 17.1. The first-order valence-corrected chi connectivity index (χ1v) is 5.20. The van der Waals surface area contributed by atoms with Crippen molar-refractivity contribution >= 4 is 13.6 Å². The average Bonchev–Trinajstić information content (AvgIpc) is 2.13. The molecule has 0 aliphatic heterocycles. The Morgan fingerprint density at radius 2 is 2.14 bits per heavy atom. The van der Waals surface area contributed by atoms with E-state index in [9.17, 15) is 9.36 Å². The van der Waals surface area contributed by atoms with Crippen molar-refractivity contribution in [2.45, 2.75) is 13.0 Å². The molecule has 2 N–H and O–H groups in total. The standard InChI is InChI=1S/C7H13O6P/c1-5(2)7(9)6(8)4-13-14(10,11)12-3/h6,8H,1,4H2,2-3H3,(H,10,11). The molecule has 0 saturated heterocycles. The first-order chi connectivity index (χ1) is 6.30. The second-order valence-electron chi connectivity index (χ2n) is 2.61. The van der Waals surface area contributed by atoms with Gasteiger partial charge >= 0.3 is 7.82 Å². The third-order valence-electron chi connectivity index (χ3n) is 1.35. The van der Waals surface area contributed by atoms with Crippen LogP contribution in [0.4, 0.5) is 0 Å². The van der Waals surface area contributed by atoms with Gasteiger partial charge in [0, 0.05) is 7.11 Å². The molecule has 0 spiro atoms. The molecule has 0 aromatic rings. The second-order valence-corrected chi connectivity index (χ2v) is 4.17. The van der Waals surface area contributed by atoms with Crippen LogP contribution in [0.3, 0.4) is 0 Å². The van der Waals surface area contributed by atoms with E-state index in [2.05, 4.69) is 15.6 Å². The van der Waals surface area contributed by atoms with E-state index in [1.165, 1.54) is 6.92 Å². The smallest absolute Gasteiger partial charge is 0.382 e. The molecule has 0 rings (SSSR count). The van der Waals surface area contributed by atoms with Crippen LogP contribution in [-0.2, 0) is 18.4 Å².